The van der Waals surface area contributed by atoms with E-state index in [0.717, 1.165) is 11.8 Å². The number of para-hydroxylation sites is 1. The summed E-state index contributed by atoms with van der Waals surface area (Å²) in [4.78, 5) is 36.6. The molecule has 8 nitrogen and oxygen atoms in total. The van der Waals surface area contributed by atoms with Crippen LogP contribution >= 0.6 is 0 Å². The topological polar surface area (TPSA) is 103 Å². The summed E-state index contributed by atoms with van der Waals surface area (Å²) in [5.41, 5.74) is 2.23. The minimum Gasteiger partial charge on any atom is -0.493 e. The number of carbonyl (C=O) groups is 3. The number of hydrogen-bond donors (Lipinski definition) is 2. The van der Waals surface area contributed by atoms with Crippen LogP contribution in [0.3, 0.4) is 0 Å². The molecule has 1 heterocycles. The summed E-state index contributed by atoms with van der Waals surface area (Å²) in [6, 6.07) is 13.9. The van der Waals surface area contributed by atoms with Gasteiger partial charge in [0.15, 0.2) is 6.61 Å². The molecule has 0 atom stereocenters. The first-order valence-electron chi connectivity index (χ1n) is 8.91. The van der Waals surface area contributed by atoms with Gasteiger partial charge in [0.2, 0.25) is 5.76 Å². The fourth-order valence-corrected chi connectivity index (χ4v) is 2.58. The van der Waals surface area contributed by atoms with Gasteiger partial charge in [-0.2, -0.15) is 0 Å². The summed E-state index contributed by atoms with van der Waals surface area (Å²) in [5, 5.41) is 5.37. The van der Waals surface area contributed by atoms with E-state index in [-0.39, 0.29) is 23.8 Å². The quantitative estimate of drug-likeness (QED) is 0.728. The zero-order chi connectivity index (χ0) is 20.6. The highest BCUT2D eigenvalue weighted by molar-refractivity contribution is 6.10. The molecule has 8 heteroatoms. The lowest BCUT2D eigenvalue weighted by Crippen LogP contribution is -2.25. The Hall–Kier alpha value is -3.81. The van der Waals surface area contributed by atoms with E-state index in [1.54, 1.807) is 30.3 Å². The van der Waals surface area contributed by atoms with E-state index in [4.69, 9.17) is 14.2 Å². The van der Waals surface area contributed by atoms with Crippen molar-refractivity contribution >= 4 is 29.2 Å². The Bertz CT molecular complexity index is 954. The van der Waals surface area contributed by atoms with Crippen molar-refractivity contribution in [3.05, 3.63) is 71.7 Å². The molecule has 0 saturated carbocycles. The van der Waals surface area contributed by atoms with E-state index in [9.17, 15) is 14.4 Å². The molecule has 1 aliphatic heterocycles. The minimum atomic E-state index is -0.801. The number of anilines is 2. The van der Waals surface area contributed by atoms with Crippen molar-refractivity contribution < 1.29 is 28.6 Å². The third-order valence-corrected chi connectivity index (χ3v) is 3.91. The van der Waals surface area contributed by atoms with Crippen LogP contribution in [0.25, 0.3) is 0 Å². The Morgan fingerprint density at radius 1 is 1.03 bits per heavy atom. The maximum absolute atomic E-state index is 12.6. The van der Waals surface area contributed by atoms with Crippen LogP contribution in [0.4, 0.5) is 11.4 Å². The molecule has 150 valence electrons. The molecule has 0 aliphatic carbocycles. The first-order valence-corrected chi connectivity index (χ1v) is 8.91. The Labute approximate surface area is 167 Å². The standard InChI is InChI=1S/C21H20N2O6/c1-14-5-4-6-15(11-14)22-20(25)16-7-2-3-8-17(16)23-19(24)13-29-21(26)18-12-27-9-10-28-18/h2-8,11-12H,9-10,13H2,1H3,(H,22,25)(H,23,24). The number of amides is 2. The summed E-state index contributed by atoms with van der Waals surface area (Å²) in [5.74, 6) is -1.86. The van der Waals surface area contributed by atoms with Crippen LogP contribution in [-0.4, -0.2) is 37.6 Å². The summed E-state index contributed by atoms with van der Waals surface area (Å²) in [7, 11) is 0. The number of nitrogens with one attached hydrogen (secondary N) is 2. The molecule has 0 saturated heterocycles. The van der Waals surface area contributed by atoms with E-state index < -0.39 is 18.5 Å². The van der Waals surface area contributed by atoms with Gasteiger partial charge in [0.25, 0.3) is 11.8 Å². The van der Waals surface area contributed by atoms with Crippen molar-refractivity contribution in [2.45, 2.75) is 6.92 Å². The van der Waals surface area contributed by atoms with Crippen LogP contribution in [-0.2, 0) is 23.8 Å². The minimum absolute atomic E-state index is 0.0954. The summed E-state index contributed by atoms with van der Waals surface area (Å²) in [6.07, 6.45) is 1.15. The van der Waals surface area contributed by atoms with Crippen LogP contribution in [0, 0.1) is 6.92 Å². The second-order valence-corrected chi connectivity index (χ2v) is 6.19. The van der Waals surface area contributed by atoms with E-state index in [1.807, 2.05) is 25.1 Å². The summed E-state index contributed by atoms with van der Waals surface area (Å²) < 4.78 is 15.0. The van der Waals surface area contributed by atoms with Crippen LogP contribution in [0.15, 0.2) is 60.6 Å². The second-order valence-electron chi connectivity index (χ2n) is 6.19. The van der Waals surface area contributed by atoms with Gasteiger partial charge in [-0.1, -0.05) is 24.3 Å². The highest BCUT2D eigenvalue weighted by Gasteiger charge is 2.19. The first kappa shape index (κ1) is 19.9. The summed E-state index contributed by atoms with van der Waals surface area (Å²) in [6.45, 7) is 1.97. The second kappa shape index (κ2) is 9.41. The normalized spacial score (nSPS) is 12.7. The molecule has 2 N–H and O–H groups in total. The molecule has 2 aromatic rings. The highest BCUT2D eigenvalue weighted by atomic mass is 16.6. The fourth-order valence-electron chi connectivity index (χ4n) is 2.58. The van der Waals surface area contributed by atoms with Gasteiger partial charge >= 0.3 is 5.97 Å². The molecule has 2 aromatic carbocycles. The predicted molar refractivity (Wildman–Crippen MR) is 105 cm³/mol. The lowest BCUT2D eigenvalue weighted by molar-refractivity contribution is -0.148. The van der Waals surface area contributed by atoms with Crippen molar-refractivity contribution in [3.63, 3.8) is 0 Å². The molecule has 29 heavy (non-hydrogen) atoms. The van der Waals surface area contributed by atoms with Crippen molar-refractivity contribution in [3.8, 4) is 0 Å². The average molecular weight is 396 g/mol. The van der Waals surface area contributed by atoms with E-state index >= 15 is 0 Å². The number of esters is 1. The molecule has 0 spiro atoms. The van der Waals surface area contributed by atoms with Crippen LogP contribution in [0.2, 0.25) is 0 Å². The number of aryl methyl sites for hydroxylation is 1. The van der Waals surface area contributed by atoms with Crippen LogP contribution in [0.5, 0.6) is 0 Å². The van der Waals surface area contributed by atoms with Crippen LogP contribution < -0.4 is 10.6 Å². The largest absolute Gasteiger partial charge is 0.493 e. The lowest BCUT2D eigenvalue weighted by atomic mass is 10.1. The Morgan fingerprint density at radius 3 is 2.62 bits per heavy atom. The van der Waals surface area contributed by atoms with Crippen molar-refractivity contribution in [2.24, 2.45) is 0 Å². The molecule has 0 unspecified atom stereocenters. The van der Waals surface area contributed by atoms with Crippen molar-refractivity contribution in [2.75, 3.05) is 30.5 Å². The Balaban J connectivity index is 1.61. The monoisotopic (exact) mass is 396 g/mol. The molecule has 0 radical (unpaired) electrons. The third-order valence-electron chi connectivity index (χ3n) is 3.91. The van der Waals surface area contributed by atoms with Crippen molar-refractivity contribution in [1.29, 1.82) is 0 Å². The number of carbonyl (C=O) groups excluding carboxylic acids is 3. The highest BCUT2D eigenvalue weighted by Crippen LogP contribution is 2.18. The molecule has 1 aliphatic rings. The van der Waals surface area contributed by atoms with Gasteiger partial charge in [-0.15, -0.1) is 0 Å². The van der Waals surface area contributed by atoms with Gasteiger partial charge in [0.05, 0.1) is 11.3 Å². The van der Waals surface area contributed by atoms with Gasteiger partial charge in [-0.05, 0) is 36.8 Å². The van der Waals surface area contributed by atoms with E-state index in [1.165, 1.54) is 0 Å². The number of benzene rings is 2. The number of rotatable bonds is 6. The predicted octanol–water partition coefficient (Wildman–Crippen LogP) is 2.62. The molecular weight excluding hydrogens is 376 g/mol. The van der Waals surface area contributed by atoms with Gasteiger partial charge in [-0.3, -0.25) is 9.59 Å². The maximum Gasteiger partial charge on any atom is 0.377 e. The molecule has 3 rings (SSSR count). The van der Waals surface area contributed by atoms with Gasteiger partial charge in [0, 0.05) is 5.69 Å². The SMILES string of the molecule is Cc1cccc(NC(=O)c2ccccc2NC(=O)COC(=O)C2=COCCO2)c1. The van der Waals surface area contributed by atoms with E-state index in [2.05, 4.69) is 10.6 Å². The molecule has 0 aromatic heterocycles. The zero-order valence-electron chi connectivity index (χ0n) is 15.8. The van der Waals surface area contributed by atoms with E-state index in [0.29, 0.717) is 18.0 Å². The van der Waals surface area contributed by atoms with Crippen LogP contribution in [0.1, 0.15) is 15.9 Å². The lowest BCUT2D eigenvalue weighted by Gasteiger charge is -2.15. The van der Waals surface area contributed by atoms with Gasteiger partial charge in [-0.25, -0.2) is 4.79 Å². The Morgan fingerprint density at radius 2 is 1.86 bits per heavy atom. The zero-order valence-corrected chi connectivity index (χ0v) is 15.8. The van der Waals surface area contributed by atoms with Gasteiger partial charge in [0.1, 0.15) is 19.5 Å². The fraction of sp³-hybridized carbons (Fsp3) is 0.190. The number of hydrogen-bond acceptors (Lipinski definition) is 6. The number of ether oxygens (including phenoxy) is 3. The smallest absolute Gasteiger partial charge is 0.377 e. The maximum atomic E-state index is 12.6. The molecular formula is C21H20N2O6. The average Bonchev–Trinajstić information content (AvgIpc) is 2.73. The summed E-state index contributed by atoms with van der Waals surface area (Å²) >= 11 is 0. The molecule has 0 bridgehead atoms. The Kier molecular flexibility index (Phi) is 6.47. The van der Waals surface area contributed by atoms with Crippen molar-refractivity contribution in [1.82, 2.24) is 0 Å². The van der Waals surface area contributed by atoms with Gasteiger partial charge < -0.3 is 24.8 Å². The molecule has 0 fully saturated rings. The molecule has 2 amide bonds. The third kappa shape index (κ3) is 5.58. The first-order chi connectivity index (χ1) is 14.0.